The molecule has 0 unspecified atom stereocenters. The number of nitrogens with one attached hydrogen (secondary N) is 2. The van der Waals surface area contributed by atoms with E-state index in [9.17, 15) is 4.79 Å². The Kier molecular flexibility index (Phi) is 2.42. The molecule has 0 aliphatic carbocycles. The van der Waals surface area contributed by atoms with Crippen LogP contribution in [0.15, 0.2) is 0 Å². The molecular formula is C9H16N2O. The van der Waals surface area contributed by atoms with Crippen molar-refractivity contribution in [2.45, 2.75) is 37.8 Å². The third-order valence-corrected chi connectivity index (χ3v) is 2.81. The molecule has 2 heterocycles. The second kappa shape index (κ2) is 3.54. The van der Waals surface area contributed by atoms with Gasteiger partial charge in [-0.05, 0) is 38.8 Å². The lowest BCUT2D eigenvalue weighted by Crippen LogP contribution is -2.42. The van der Waals surface area contributed by atoms with E-state index in [0.29, 0.717) is 5.78 Å². The molecular weight excluding hydrogens is 152 g/mol. The highest BCUT2D eigenvalue weighted by Gasteiger charge is 2.30. The molecule has 0 aromatic heterocycles. The third-order valence-electron chi connectivity index (χ3n) is 2.81. The monoisotopic (exact) mass is 168 g/mol. The van der Waals surface area contributed by atoms with Gasteiger partial charge < -0.3 is 10.6 Å². The van der Waals surface area contributed by atoms with Gasteiger partial charge in [-0.25, -0.2) is 0 Å². The molecule has 0 aromatic carbocycles. The fraction of sp³-hybridized carbons (Fsp3) is 0.889. The van der Waals surface area contributed by atoms with Crippen LogP contribution in [0.3, 0.4) is 0 Å². The Hall–Kier alpha value is -0.410. The maximum absolute atomic E-state index is 11.7. The summed E-state index contributed by atoms with van der Waals surface area (Å²) >= 11 is 0. The van der Waals surface area contributed by atoms with Crippen molar-refractivity contribution in [3.05, 3.63) is 0 Å². The van der Waals surface area contributed by atoms with Gasteiger partial charge in [0, 0.05) is 0 Å². The fourth-order valence-electron chi connectivity index (χ4n) is 2.10. The van der Waals surface area contributed by atoms with E-state index < -0.39 is 0 Å². The normalized spacial score (nSPS) is 35.7. The third kappa shape index (κ3) is 1.52. The fourth-order valence-corrected chi connectivity index (χ4v) is 2.10. The first kappa shape index (κ1) is 8.20. The molecule has 0 aromatic rings. The van der Waals surface area contributed by atoms with Crippen LogP contribution in [0.5, 0.6) is 0 Å². The summed E-state index contributed by atoms with van der Waals surface area (Å²) in [6.07, 6.45) is 4.39. The van der Waals surface area contributed by atoms with Crippen molar-refractivity contribution in [1.82, 2.24) is 10.6 Å². The molecule has 0 amide bonds. The van der Waals surface area contributed by atoms with Crippen molar-refractivity contribution >= 4 is 5.78 Å². The first-order chi connectivity index (χ1) is 5.88. The number of Topliss-reactive ketones (excluding diaryl/α,β-unsaturated/α-hetero) is 1. The Bertz CT molecular complexity index is 151. The summed E-state index contributed by atoms with van der Waals surface area (Å²) in [4.78, 5) is 11.7. The zero-order valence-corrected chi connectivity index (χ0v) is 7.31. The molecule has 2 rings (SSSR count). The van der Waals surface area contributed by atoms with E-state index in [0.717, 1.165) is 38.8 Å². The molecule has 3 nitrogen and oxygen atoms in total. The van der Waals surface area contributed by atoms with E-state index in [2.05, 4.69) is 10.6 Å². The number of rotatable bonds is 2. The van der Waals surface area contributed by atoms with Gasteiger partial charge in [-0.3, -0.25) is 4.79 Å². The van der Waals surface area contributed by atoms with E-state index in [-0.39, 0.29) is 12.1 Å². The van der Waals surface area contributed by atoms with E-state index in [1.807, 2.05) is 0 Å². The van der Waals surface area contributed by atoms with Gasteiger partial charge in [-0.1, -0.05) is 0 Å². The van der Waals surface area contributed by atoms with Crippen LogP contribution < -0.4 is 10.6 Å². The van der Waals surface area contributed by atoms with Crippen LogP contribution in [0.25, 0.3) is 0 Å². The summed E-state index contributed by atoms with van der Waals surface area (Å²) in [5.74, 6) is 0.394. The first-order valence-corrected chi connectivity index (χ1v) is 4.88. The van der Waals surface area contributed by atoms with Crippen LogP contribution in [0.4, 0.5) is 0 Å². The van der Waals surface area contributed by atoms with Gasteiger partial charge in [0.05, 0.1) is 12.1 Å². The lowest BCUT2D eigenvalue weighted by molar-refractivity contribution is -0.122. The molecule has 2 N–H and O–H groups in total. The molecule has 2 atom stereocenters. The van der Waals surface area contributed by atoms with Crippen LogP contribution >= 0.6 is 0 Å². The maximum atomic E-state index is 11.7. The van der Waals surface area contributed by atoms with Gasteiger partial charge in [-0.15, -0.1) is 0 Å². The molecule has 12 heavy (non-hydrogen) atoms. The Morgan fingerprint density at radius 2 is 1.50 bits per heavy atom. The zero-order chi connectivity index (χ0) is 8.39. The number of hydrogen-bond donors (Lipinski definition) is 2. The van der Waals surface area contributed by atoms with E-state index in [4.69, 9.17) is 0 Å². The van der Waals surface area contributed by atoms with Crippen molar-refractivity contribution < 1.29 is 4.79 Å². The quantitative estimate of drug-likeness (QED) is 0.612. The van der Waals surface area contributed by atoms with Gasteiger partial charge in [0.25, 0.3) is 0 Å². The van der Waals surface area contributed by atoms with Gasteiger partial charge in [0.2, 0.25) is 0 Å². The van der Waals surface area contributed by atoms with Gasteiger partial charge in [-0.2, -0.15) is 0 Å². The van der Waals surface area contributed by atoms with Crippen molar-refractivity contribution in [2.75, 3.05) is 13.1 Å². The Balaban J connectivity index is 1.89. The van der Waals surface area contributed by atoms with Crippen molar-refractivity contribution in [1.29, 1.82) is 0 Å². The molecule has 0 spiro atoms. The predicted octanol–water partition coefficient (Wildman–Crippen LogP) is 0.0595. The standard InChI is InChI=1S/C9H16N2O/c12-9(7-3-1-5-10-7)8-4-2-6-11-8/h7-8,10-11H,1-6H2/t7-,8+. The first-order valence-electron chi connectivity index (χ1n) is 4.88. The van der Waals surface area contributed by atoms with Crippen LogP contribution in [0, 0.1) is 0 Å². The number of carbonyl (C=O) groups excluding carboxylic acids is 1. The van der Waals surface area contributed by atoms with E-state index >= 15 is 0 Å². The smallest absolute Gasteiger partial charge is 0.166 e. The summed E-state index contributed by atoms with van der Waals surface area (Å²) in [6.45, 7) is 2.03. The highest BCUT2D eigenvalue weighted by molar-refractivity contribution is 5.89. The molecule has 0 saturated carbocycles. The van der Waals surface area contributed by atoms with Crippen molar-refractivity contribution in [3.8, 4) is 0 Å². The summed E-state index contributed by atoms with van der Waals surface area (Å²) in [5, 5.41) is 6.49. The summed E-state index contributed by atoms with van der Waals surface area (Å²) in [5.41, 5.74) is 0. The molecule has 0 radical (unpaired) electrons. The molecule has 2 saturated heterocycles. The Labute approximate surface area is 72.9 Å². The Morgan fingerprint density at radius 3 is 1.83 bits per heavy atom. The lowest BCUT2D eigenvalue weighted by atomic mass is 10.0. The van der Waals surface area contributed by atoms with E-state index in [1.165, 1.54) is 0 Å². The minimum atomic E-state index is 0.153. The zero-order valence-electron chi connectivity index (χ0n) is 7.31. The van der Waals surface area contributed by atoms with Crippen molar-refractivity contribution in [3.63, 3.8) is 0 Å². The average molecular weight is 168 g/mol. The second-order valence-corrected chi connectivity index (χ2v) is 3.70. The van der Waals surface area contributed by atoms with Gasteiger partial charge in [0.1, 0.15) is 0 Å². The average Bonchev–Trinajstić information content (AvgIpc) is 2.77. The van der Waals surface area contributed by atoms with E-state index in [1.54, 1.807) is 0 Å². The molecule has 0 bridgehead atoms. The maximum Gasteiger partial charge on any atom is 0.166 e. The molecule has 68 valence electrons. The summed E-state index contributed by atoms with van der Waals surface area (Å²) in [6, 6.07) is 0.307. The molecule has 2 fully saturated rings. The highest BCUT2D eigenvalue weighted by atomic mass is 16.1. The molecule has 2 aliphatic rings. The SMILES string of the molecule is O=C([C@@H]1CCCN1)[C@H]1CCCN1. The summed E-state index contributed by atoms with van der Waals surface area (Å²) in [7, 11) is 0. The van der Waals surface area contributed by atoms with Crippen LogP contribution in [0.2, 0.25) is 0 Å². The molecule has 3 heteroatoms. The highest BCUT2D eigenvalue weighted by Crippen LogP contribution is 2.13. The topological polar surface area (TPSA) is 41.1 Å². The van der Waals surface area contributed by atoms with Crippen LogP contribution in [-0.2, 0) is 4.79 Å². The molecule has 2 aliphatic heterocycles. The largest absolute Gasteiger partial charge is 0.307 e. The number of carbonyl (C=O) groups is 1. The Morgan fingerprint density at radius 1 is 1.00 bits per heavy atom. The number of hydrogen-bond acceptors (Lipinski definition) is 3. The van der Waals surface area contributed by atoms with Crippen LogP contribution in [0.1, 0.15) is 25.7 Å². The number of ketones is 1. The van der Waals surface area contributed by atoms with Gasteiger partial charge in [0.15, 0.2) is 5.78 Å². The minimum absolute atomic E-state index is 0.153. The summed E-state index contributed by atoms with van der Waals surface area (Å²) < 4.78 is 0. The van der Waals surface area contributed by atoms with Gasteiger partial charge >= 0.3 is 0 Å². The minimum Gasteiger partial charge on any atom is -0.307 e. The second-order valence-electron chi connectivity index (χ2n) is 3.70. The lowest BCUT2D eigenvalue weighted by Gasteiger charge is -2.14. The van der Waals surface area contributed by atoms with Crippen molar-refractivity contribution in [2.24, 2.45) is 0 Å². The van der Waals surface area contributed by atoms with Crippen LogP contribution in [-0.4, -0.2) is 31.0 Å². The predicted molar refractivity (Wildman–Crippen MR) is 47.1 cm³/mol.